The second kappa shape index (κ2) is 8.41. The standard InChI is InChI=1S/C21H23ClFN5O3/c1-12-2-3-15-16(8-12)26-19(25-15)27-20(31)28-6-4-21(23,5-7-28)18-14(22)9-13(10-24-18)17(30)11-29/h2-3,8-10,17,29-30H,4-7,11H2,1H3,(H2,25,26,27,31)/t17-/m1/s1. The number of aryl methyl sites for hydroxylation is 1. The van der Waals surface area contributed by atoms with Gasteiger partial charge in [0.1, 0.15) is 6.10 Å². The first-order chi connectivity index (χ1) is 14.8. The topological polar surface area (TPSA) is 114 Å². The smallest absolute Gasteiger partial charge is 0.324 e. The largest absolute Gasteiger partial charge is 0.393 e. The number of likely N-dealkylation sites (tertiary alicyclic amines) is 1. The normalized spacial score (nSPS) is 17.0. The summed E-state index contributed by atoms with van der Waals surface area (Å²) < 4.78 is 15.6. The fourth-order valence-electron chi connectivity index (χ4n) is 3.73. The molecule has 2 aromatic heterocycles. The van der Waals surface area contributed by atoms with Crippen molar-refractivity contribution in [1.82, 2.24) is 19.9 Å². The van der Waals surface area contributed by atoms with Crippen molar-refractivity contribution in [3.05, 3.63) is 52.3 Å². The summed E-state index contributed by atoms with van der Waals surface area (Å²) in [6, 6.07) is 6.80. The van der Waals surface area contributed by atoms with Gasteiger partial charge in [0.25, 0.3) is 0 Å². The van der Waals surface area contributed by atoms with Crippen LogP contribution in [0, 0.1) is 6.92 Å². The van der Waals surface area contributed by atoms with Crippen LogP contribution in [0.5, 0.6) is 0 Å². The van der Waals surface area contributed by atoms with E-state index in [-0.39, 0.29) is 42.7 Å². The van der Waals surface area contributed by atoms with Crippen LogP contribution in [0.1, 0.15) is 35.8 Å². The van der Waals surface area contributed by atoms with E-state index in [1.54, 1.807) is 0 Å². The predicted molar refractivity (Wildman–Crippen MR) is 115 cm³/mol. The molecular weight excluding hydrogens is 425 g/mol. The zero-order chi connectivity index (χ0) is 22.2. The van der Waals surface area contributed by atoms with Crippen LogP contribution in [0.3, 0.4) is 0 Å². The molecule has 0 radical (unpaired) electrons. The molecule has 164 valence electrons. The molecule has 31 heavy (non-hydrogen) atoms. The van der Waals surface area contributed by atoms with Gasteiger partial charge in [-0.2, -0.15) is 0 Å². The molecule has 4 rings (SSSR count). The van der Waals surface area contributed by atoms with E-state index in [0.29, 0.717) is 11.5 Å². The molecule has 0 spiro atoms. The number of urea groups is 1. The quantitative estimate of drug-likeness (QED) is 0.489. The maximum atomic E-state index is 15.6. The van der Waals surface area contributed by atoms with E-state index < -0.39 is 18.4 Å². The van der Waals surface area contributed by atoms with Crippen LogP contribution in [0.4, 0.5) is 15.1 Å². The molecule has 1 aliphatic rings. The Bertz CT molecular complexity index is 1110. The summed E-state index contributed by atoms with van der Waals surface area (Å²) in [6.07, 6.45) is 0.261. The van der Waals surface area contributed by atoms with Crippen molar-refractivity contribution in [2.75, 3.05) is 25.0 Å². The molecule has 10 heteroatoms. The summed E-state index contributed by atoms with van der Waals surface area (Å²) in [5.41, 5.74) is 1.27. The maximum absolute atomic E-state index is 15.6. The van der Waals surface area contributed by atoms with E-state index in [9.17, 15) is 9.90 Å². The highest BCUT2D eigenvalue weighted by Gasteiger charge is 2.40. The van der Waals surface area contributed by atoms with E-state index >= 15 is 4.39 Å². The number of hydrogen-bond donors (Lipinski definition) is 4. The summed E-state index contributed by atoms with van der Waals surface area (Å²) in [6.45, 7) is 1.85. The van der Waals surface area contributed by atoms with Crippen LogP contribution in [0.2, 0.25) is 5.02 Å². The third kappa shape index (κ3) is 4.34. The lowest BCUT2D eigenvalue weighted by Gasteiger charge is -2.36. The molecule has 4 N–H and O–H groups in total. The Labute approximate surface area is 183 Å². The lowest BCUT2D eigenvalue weighted by molar-refractivity contribution is 0.0678. The van der Waals surface area contributed by atoms with Crippen LogP contribution in [0.15, 0.2) is 30.5 Å². The first kappa shape index (κ1) is 21.5. The number of halogens is 2. The van der Waals surface area contributed by atoms with E-state index in [0.717, 1.165) is 16.6 Å². The van der Waals surface area contributed by atoms with Gasteiger partial charge in [0.15, 0.2) is 5.67 Å². The number of imidazole rings is 1. The third-order valence-corrected chi connectivity index (χ3v) is 5.84. The van der Waals surface area contributed by atoms with Crippen LogP contribution in [-0.4, -0.2) is 55.8 Å². The summed E-state index contributed by atoms with van der Waals surface area (Å²) in [7, 11) is 0. The SMILES string of the molecule is Cc1ccc2nc(NC(=O)N3CCC(F)(c4ncc([C@H](O)CO)cc4Cl)CC3)[nH]c2c1. The number of carbonyl (C=O) groups excluding carboxylic acids is 1. The number of anilines is 1. The Morgan fingerprint density at radius 2 is 2.13 bits per heavy atom. The van der Waals surface area contributed by atoms with Crippen molar-refractivity contribution in [2.45, 2.75) is 31.5 Å². The number of rotatable bonds is 4. The molecule has 0 bridgehead atoms. The monoisotopic (exact) mass is 447 g/mol. The molecule has 3 aromatic rings. The lowest BCUT2D eigenvalue weighted by atomic mass is 9.89. The number of aliphatic hydroxyl groups is 2. The van der Waals surface area contributed by atoms with Crippen molar-refractivity contribution >= 4 is 34.6 Å². The third-order valence-electron chi connectivity index (χ3n) is 5.55. The Kier molecular flexibility index (Phi) is 5.83. The molecule has 0 unspecified atom stereocenters. The molecule has 1 aromatic carbocycles. The number of nitrogens with one attached hydrogen (secondary N) is 2. The van der Waals surface area contributed by atoms with Gasteiger partial charge >= 0.3 is 6.03 Å². The fourth-order valence-corrected chi connectivity index (χ4v) is 4.08. The van der Waals surface area contributed by atoms with Crippen molar-refractivity contribution in [2.24, 2.45) is 0 Å². The van der Waals surface area contributed by atoms with Crippen LogP contribution in [-0.2, 0) is 5.67 Å². The minimum Gasteiger partial charge on any atom is -0.393 e. The van der Waals surface area contributed by atoms with Gasteiger partial charge in [-0.3, -0.25) is 10.3 Å². The number of amides is 2. The number of carbonyl (C=O) groups is 1. The number of piperidine rings is 1. The highest BCUT2D eigenvalue weighted by Crippen LogP contribution is 2.40. The van der Waals surface area contributed by atoms with Gasteiger partial charge in [-0.05, 0) is 30.7 Å². The number of aliphatic hydroxyl groups excluding tert-OH is 2. The molecule has 0 aliphatic carbocycles. The number of aromatic nitrogens is 3. The van der Waals surface area contributed by atoms with Crippen LogP contribution < -0.4 is 5.32 Å². The van der Waals surface area contributed by atoms with Crippen LogP contribution in [0.25, 0.3) is 11.0 Å². The summed E-state index contributed by atoms with van der Waals surface area (Å²) >= 11 is 6.21. The van der Waals surface area contributed by atoms with E-state index in [1.807, 2.05) is 25.1 Å². The lowest BCUT2D eigenvalue weighted by Crippen LogP contribution is -2.45. The molecular formula is C21H23ClFN5O3. The maximum Gasteiger partial charge on any atom is 0.324 e. The summed E-state index contributed by atoms with van der Waals surface area (Å²) in [5.74, 6) is 0.338. The molecule has 1 fully saturated rings. The van der Waals surface area contributed by atoms with Gasteiger partial charge in [0.05, 0.1) is 28.4 Å². The molecule has 1 atom stereocenters. The van der Waals surface area contributed by atoms with Crippen molar-refractivity contribution in [3.8, 4) is 0 Å². The number of pyridine rings is 1. The Balaban J connectivity index is 1.41. The molecule has 8 nitrogen and oxygen atoms in total. The number of hydrogen-bond acceptors (Lipinski definition) is 5. The van der Waals surface area contributed by atoms with Crippen LogP contribution >= 0.6 is 11.6 Å². The van der Waals surface area contributed by atoms with Gasteiger partial charge < -0.3 is 20.1 Å². The van der Waals surface area contributed by atoms with Crippen molar-refractivity contribution in [1.29, 1.82) is 0 Å². The highest BCUT2D eigenvalue weighted by atomic mass is 35.5. The number of nitrogens with zero attached hydrogens (tertiary/aromatic N) is 3. The molecule has 0 saturated carbocycles. The second-order valence-corrected chi connectivity index (χ2v) is 8.19. The van der Waals surface area contributed by atoms with Gasteiger partial charge in [-0.15, -0.1) is 0 Å². The van der Waals surface area contributed by atoms with E-state index in [2.05, 4.69) is 20.3 Å². The number of fused-ring (bicyclic) bond motifs is 1. The molecule has 2 amide bonds. The summed E-state index contributed by atoms with van der Waals surface area (Å²) in [5, 5.41) is 21.6. The Morgan fingerprint density at radius 3 is 2.81 bits per heavy atom. The highest BCUT2D eigenvalue weighted by molar-refractivity contribution is 6.31. The van der Waals surface area contributed by atoms with Crippen molar-refractivity contribution in [3.63, 3.8) is 0 Å². The van der Waals surface area contributed by atoms with E-state index in [1.165, 1.54) is 17.2 Å². The second-order valence-electron chi connectivity index (χ2n) is 7.79. The first-order valence-electron chi connectivity index (χ1n) is 9.95. The number of alkyl halides is 1. The van der Waals surface area contributed by atoms with Crippen molar-refractivity contribution < 1.29 is 19.4 Å². The molecule has 1 saturated heterocycles. The Hall–Kier alpha value is -2.75. The zero-order valence-corrected chi connectivity index (χ0v) is 17.7. The van der Waals surface area contributed by atoms with Gasteiger partial charge in [-0.1, -0.05) is 17.7 Å². The van der Waals surface area contributed by atoms with Gasteiger partial charge in [0, 0.05) is 37.7 Å². The average molecular weight is 448 g/mol. The minimum absolute atomic E-state index is 0.0361. The minimum atomic E-state index is -1.78. The molecule has 1 aliphatic heterocycles. The summed E-state index contributed by atoms with van der Waals surface area (Å²) in [4.78, 5) is 25.7. The number of benzene rings is 1. The first-order valence-corrected chi connectivity index (χ1v) is 10.3. The van der Waals surface area contributed by atoms with Gasteiger partial charge in [0.2, 0.25) is 5.95 Å². The van der Waals surface area contributed by atoms with Gasteiger partial charge in [-0.25, -0.2) is 14.2 Å². The number of aromatic amines is 1. The average Bonchev–Trinajstić information content (AvgIpc) is 3.14. The molecule has 3 heterocycles. The van der Waals surface area contributed by atoms with E-state index in [4.69, 9.17) is 16.7 Å². The number of H-pyrrole nitrogens is 1. The Morgan fingerprint density at radius 1 is 1.39 bits per heavy atom. The fraction of sp³-hybridized carbons (Fsp3) is 0.381. The zero-order valence-electron chi connectivity index (χ0n) is 16.9. The predicted octanol–water partition coefficient (Wildman–Crippen LogP) is 3.44.